The third-order valence-electron chi connectivity index (χ3n) is 6.14. The first kappa shape index (κ1) is 21.7. The van der Waals surface area contributed by atoms with Gasteiger partial charge in [0.2, 0.25) is 6.29 Å². The van der Waals surface area contributed by atoms with Gasteiger partial charge in [0.15, 0.2) is 0 Å². The van der Waals surface area contributed by atoms with Crippen molar-refractivity contribution in [1.29, 1.82) is 0 Å². The number of rotatable bonds is 6. The maximum Gasteiger partial charge on any atom is 0.229 e. The van der Waals surface area contributed by atoms with Gasteiger partial charge in [-0.2, -0.15) is 4.73 Å². The second-order valence-corrected chi connectivity index (χ2v) is 8.13. The van der Waals surface area contributed by atoms with Crippen molar-refractivity contribution in [2.45, 2.75) is 37.3 Å². The summed E-state index contributed by atoms with van der Waals surface area (Å²) < 4.78 is 15.2. The van der Waals surface area contributed by atoms with Crippen molar-refractivity contribution in [2.24, 2.45) is 0 Å². The van der Waals surface area contributed by atoms with Crippen LogP contribution in [0.2, 0.25) is 0 Å². The first-order valence-corrected chi connectivity index (χ1v) is 10.7. The van der Waals surface area contributed by atoms with Gasteiger partial charge in [0.1, 0.15) is 37.3 Å². The lowest BCUT2D eigenvalue weighted by Crippen LogP contribution is -2.60. The zero-order valence-electron chi connectivity index (χ0n) is 18.0. The molecule has 1 fully saturated rings. The number of hydrogen-bond acceptors (Lipinski definition) is 7. The monoisotopic (exact) mass is 454 g/mol. The lowest BCUT2D eigenvalue weighted by Gasteiger charge is -2.39. The van der Waals surface area contributed by atoms with Gasteiger partial charge in [-0.1, -0.05) is 30.3 Å². The molecule has 4 aromatic rings. The van der Waals surface area contributed by atoms with Crippen LogP contribution in [0, 0.1) is 0 Å². The molecule has 1 aliphatic heterocycles. The largest absolute Gasteiger partial charge is 0.460 e. The standard InChI is InChI=1S/C24H26N2O7/c1-31-26-11-14(15-6-2-5-9-18(15)26)10-25-12-19(16-7-3-4-8-17(16)25)32-24-23(30)22(29)21(28)20(13-27)33-24/h2-9,11-12,20-24,27-30H,10,13H2,1H3/t20-,21-,22+,23-,24-/m1/s1. The second-order valence-electron chi connectivity index (χ2n) is 8.13. The molecular formula is C24H26N2O7. The van der Waals surface area contributed by atoms with Crippen LogP contribution in [0.1, 0.15) is 5.56 Å². The van der Waals surface area contributed by atoms with Crippen LogP contribution in [-0.2, 0) is 11.3 Å². The Kier molecular flexibility index (Phi) is 5.73. The number of fused-ring (bicyclic) bond motifs is 2. The summed E-state index contributed by atoms with van der Waals surface area (Å²) in [5, 5.41) is 41.8. The highest BCUT2D eigenvalue weighted by atomic mass is 16.7. The van der Waals surface area contributed by atoms with Crippen LogP contribution < -0.4 is 9.57 Å². The molecule has 9 nitrogen and oxygen atoms in total. The van der Waals surface area contributed by atoms with Crippen molar-refractivity contribution in [2.75, 3.05) is 13.7 Å². The van der Waals surface area contributed by atoms with Crippen LogP contribution >= 0.6 is 0 Å². The second kappa shape index (κ2) is 8.69. The molecule has 0 amide bonds. The minimum atomic E-state index is -1.51. The number of aliphatic hydroxyl groups excluding tert-OH is 4. The van der Waals surface area contributed by atoms with Gasteiger partial charge in [-0.05, 0) is 18.2 Å². The number of nitrogens with zero attached hydrogens (tertiary/aromatic N) is 2. The molecule has 4 N–H and O–H groups in total. The number of hydrogen-bond donors (Lipinski definition) is 4. The maximum absolute atomic E-state index is 10.4. The number of ether oxygens (including phenoxy) is 2. The first-order chi connectivity index (χ1) is 16.0. The Morgan fingerprint density at radius 2 is 1.58 bits per heavy atom. The molecule has 1 saturated heterocycles. The number of aromatic nitrogens is 2. The third-order valence-corrected chi connectivity index (χ3v) is 6.14. The highest BCUT2D eigenvalue weighted by Crippen LogP contribution is 2.33. The van der Waals surface area contributed by atoms with Crippen molar-refractivity contribution in [3.05, 3.63) is 66.5 Å². The summed E-state index contributed by atoms with van der Waals surface area (Å²) in [6.45, 7) is 0.0194. The topological polar surface area (TPSA) is 118 Å². The highest BCUT2D eigenvalue weighted by molar-refractivity contribution is 5.88. The number of benzene rings is 2. The van der Waals surface area contributed by atoms with Gasteiger partial charge in [0, 0.05) is 35.3 Å². The molecule has 0 saturated carbocycles. The van der Waals surface area contributed by atoms with Gasteiger partial charge in [-0.15, -0.1) is 0 Å². The molecule has 5 rings (SSSR count). The van der Waals surface area contributed by atoms with Crippen molar-refractivity contribution >= 4 is 21.8 Å². The minimum Gasteiger partial charge on any atom is -0.460 e. The molecule has 0 bridgehead atoms. The zero-order chi connectivity index (χ0) is 23.1. The Balaban J connectivity index is 1.50. The Labute approximate surface area is 189 Å². The predicted octanol–water partition coefficient (Wildman–Crippen LogP) is 0.881. The normalized spacial score (nSPS) is 25.5. The van der Waals surface area contributed by atoms with Crippen molar-refractivity contribution in [3.63, 3.8) is 0 Å². The molecule has 2 aromatic carbocycles. The summed E-state index contributed by atoms with van der Waals surface area (Å²) in [4.78, 5) is 5.46. The van der Waals surface area contributed by atoms with E-state index in [2.05, 4.69) is 0 Å². The van der Waals surface area contributed by atoms with E-state index in [4.69, 9.17) is 14.3 Å². The van der Waals surface area contributed by atoms with Gasteiger partial charge in [0.05, 0.1) is 17.6 Å². The summed E-state index contributed by atoms with van der Waals surface area (Å²) in [5.41, 5.74) is 2.92. The van der Waals surface area contributed by atoms with Crippen LogP contribution in [0.25, 0.3) is 21.8 Å². The zero-order valence-corrected chi connectivity index (χ0v) is 18.0. The average molecular weight is 454 g/mol. The molecule has 174 valence electrons. The fourth-order valence-corrected chi connectivity index (χ4v) is 4.41. The Morgan fingerprint density at radius 3 is 2.30 bits per heavy atom. The van der Waals surface area contributed by atoms with Gasteiger partial charge < -0.3 is 39.3 Å². The van der Waals surface area contributed by atoms with Gasteiger partial charge in [-0.25, -0.2) is 0 Å². The van der Waals surface area contributed by atoms with E-state index in [1.807, 2.05) is 65.5 Å². The summed E-state index contributed by atoms with van der Waals surface area (Å²) in [6.07, 6.45) is -2.97. The van der Waals surface area contributed by atoms with E-state index >= 15 is 0 Å². The fourth-order valence-electron chi connectivity index (χ4n) is 4.41. The number of aliphatic hydroxyl groups is 4. The van der Waals surface area contributed by atoms with Gasteiger partial charge in [0.25, 0.3) is 0 Å². The molecule has 2 aromatic heterocycles. The van der Waals surface area contributed by atoms with Crippen LogP contribution in [0.15, 0.2) is 60.9 Å². The van der Waals surface area contributed by atoms with Crippen LogP contribution in [0.5, 0.6) is 5.75 Å². The molecule has 0 aliphatic carbocycles. The lowest BCUT2D eigenvalue weighted by molar-refractivity contribution is -0.277. The molecule has 5 atom stereocenters. The molecule has 9 heteroatoms. The Morgan fingerprint density at radius 1 is 0.879 bits per heavy atom. The third kappa shape index (κ3) is 3.73. The smallest absolute Gasteiger partial charge is 0.229 e. The van der Waals surface area contributed by atoms with Crippen LogP contribution in [-0.4, -0.2) is 74.1 Å². The Bertz CT molecular complexity index is 1260. The van der Waals surface area contributed by atoms with E-state index in [9.17, 15) is 20.4 Å². The van der Waals surface area contributed by atoms with E-state index in [0.29, 0.717) is 12.3 Å². The molecular weight excluding hydrogens is 428 g/mol. The van der Waals surface area contributed by atoms with Crippen LogP contribution in [0.4, 0.5) is 0 Å². The summed E-state index contributed by atoms with van der Waals surface area (Å²) in [7, 11) is 1.62. The predicted molar refractivity (Wildman–Crippen MR) is 120 cm³/mol. The van der Waals surface area contributed by atoms with Crippen LogP contribution in [0.3, 0.4) is 0 Å². The van der Waals surface area contributed by atoms with E-state index < -0.39 is 37.3 Å². The van der Waals surface area contributed by atoms with Crippen molar-refractivity contribution in [3.8, 4) is 5.75 Å². The lowest BCUT2D eigenvalue weighted by atomic mass is 9.99. The van der Waals surface area contributed by atoms with E-state index in [0.717, 1.165) is 27.4 Å². The molecule has 0 unspecified atom stereocenters. The quantitative estimate of drug-likeness (QED) is 0.342. The molecule has 1 aliphatic rings. The SMILES string of the molecule is COn1cc(Cn2cc(O[C@@H]3O[C@H](CO)[C@@H](O)[C@H](O)[C@H]3O)c3ccccc32)c2ccccc21. The van der Waals surface area contributed by atoms with Crippen molar-refractivity contribution < 1.29 is 34.7 Å². The number of para-hydroxylation sites is 2. The van der Waals surface area contributed by atoms with E-state index in [1.54, 1.807) is 11.8 Å². The van der Waals surface area contributed by atoms with E-state index in [-0.39, 0.29) is 0 Å². The highest BCUT2D eigenvalue weighted by Gasteiger charge is 2.45. The van der Waals surface area contributed by atoms with Crippen molar-refractivity contribution in [1.82, 2.24) is 9.30 Å². The molecule has 3 heterocycles. The first-order valence-electron chi connectivity index (χ1n) is 10.7. The maximum atomic E-state index is 10.4. The molecule has 33 heavy (non-hydrogen) atoms. The molecule has 0 radical (unpaired) electrons. The summed E-state index contributed by atoms with van der Waals surface area (Å²) in [6, 6.07) is 15.6. The average Bonchev–Trinajstić information content (AvgIpc) is 3.38. The minimum absolute atomic E-state index is 0.449. The fraction of sp³-hybridized carbons (Fsp3) is 0.333. The molecule has 0 spiro atoms. The van der Waals surface area contributed by atoms with Gasteiger partial charge in [-0.3, -0.25) is 0 Å². The van der Waals surface area contributed by atoms with Gasteiger partial charge >= 0.3 is 0 Å². The van der Waals surface area contributed by atoms with E-state index in [1.165, 1.54) is 0 Å². The Hall–Kier alpha value is -3.08. The summed E-state index contributed by atoms with van der Waals surface area (Å²) in [5.74, 6) is 0.449. The summed E-state index contributed by atoms with van der Waals surface area (Å²) >= 11 is 0.